The van der Waals surface area contributed by atoms with Gasteiger partial charge in [0.05, 0.1) is 11.9 Å². The molecule has 0 atom stereocenters. The van der Waals surface area contributed by atoms with Crippen LogP contribution in [0.4, 0.5) is 0 Å². The largest absolute Gasteiger partial charge is 0.493 e. The van der Waals surface area contributed by atoms with E-state index in [1.54, 1.807) is 12.1 Å². The molecule has 156 valence electrons. The fraction of sp³-hybridized carbons (Fsp3) is 0.273. The fourth-order valence-corrected chi connectivity index (χ4v) is 3.22. The number of fused-ring (bicyclic) bond motifs is 1. The highest BCUT2D eigenvalue weighted by molar-refractivity contribution is 5.91. The molecule has 3 N–H and O–H groups in total. The van der Waals surface area contributed by atoms with E-state index in [4.69, 9.17) is 0 Å². The number of aromatic nitrogens is 2. The number of H-pyrrole nitrogens is 1. The van der Waals surface area contributed by atoms with Crippen molar-refractivity contribution in [1.29, 1.82) is 0 Å². The molecule has 0 unspecified atom stereocenters. The van der Waals surface area contributed by atoms with Crippen LogP contribution in [-0.4, -0.2) is 26.8 Å². The van der Waals surface area contributed by atoms with Crippen LogP contribution in [0.15, 0.2) is 57.2 Å². The minimum absolute atomic E-state index is 0.228. The summed E-state index contributed by atoms with van der Waals surface area (Å²) in [5.74, 6) is -0.832. The predicted octanol–water partition coefficient (Wildman–Crippen LogP) is 2.81. The first-order valence-electron chi connectivity index (χ1n) is 9.91. The third kappa shape index (κ3) is 4.65. The van der Waals surface area contributed by atoms with Gasteiger partial charge in [-0.1, -0.05) is 62.6 Å². The van der Waals surface area contributed by atoms with E-state index in [1.165, 1.54) is 0 Å². The van der Waals surface area contributed by atoms with Gasteiger partial charge < -0.3 is 5.11 Å². The van der Waals surface area contributed by atoms with Crippen molar-refractivity contribution in [3.63, 3.8) is 0 Å². The number of unbranched alkanes of at least 4 members (excludes halogenated alkanes) is 3. The minimum atomic E-state index is -0.796. The predicted molar refractivity (Wildman–Crippen MR) is 116 cm³/mol. The van der Waals surface area contributed by atoms with Crippen LogP contribution in [0.25, 0.3) is 16.5 Å². The molecule has 0 spiro atoms. The summed E-state index contributed by atoms with van der Waals surface area (Å²) in [5.41, 5.74) is 0.967. The molecular weight excluding hydrogens is 384 g/mol. The first kappa shape index (κ1) is 21.0. The topological polar surface area (TPSA) is 117 Å². The van der Waals surface area contributed by atoms with Crippen LogP contribution < -0.4 is 16.7 Å². The van der Waals surface area contributed by atoms with Crippen molar-refractivity contribution in [3.8, 4) is 11.6 Å². The van der Waals surface area contributed by atoms with Crippen molar-refractivity contribution >= 4 is 22.9 Å². The SMILES string of the molecule is CCCCCCC(=O)N/N=C/c1c(O)n(-c2cccc3ccccc23)c(=O)[nH]c1=O. The second-order valence-corrected chi connectivity index (χ2v) is 6.93. The van der Waals surface area contributed by atoms with Gasteiger partial charge in [-0.15, -0.1) is 0 Å². The van der Waals surface area contributed by atoms with E-state index in [1.807, 2.05) is 30.3 Å². The lowest BCUT2D eigenvalue weighted by molar-refractivity contribution is -0.121. The molecule has 0 saturated carbocycles. The monoisotopic (exact) mass is 408 g/mol. The van der Waals surface area contributed by atoms with E-state index >= 15 is 0 Å². The van der Waals surface area contributed by atoms with Crippen molar-refractivity contribution in [3.05, 3.63) is 68.9 Å². The molecule has 1 aromatic heterocycles. The zero-order valence-electron chi connectivity index (χ0n) is 16.7. The number of hydrogen-bond donors (Lipinski definition) is 3. The van der Waals surface area contributed by atoms with Gasteiger partial charge in [0.25, 0.3) is 5.56 Å². The van der Waals surface area contributed by atoms with Crippen LogP contribution in [0.5, 0.6) is 5.88 Å². The van der Waals surface area contributed by atoms with Crippen LogP contribution in [0.3, 0.4) is 0 Å². The van der Waals surface area contributed by atoms with Gasteiger partial charge in [0.2, 0.25) is 11.8 Å². The van der Waals surface area contributed by atoms with Crippen molar-refractivity contribution in [2.24, 2.45) is 5.10 Å². The Bertz CT molecular complexity index is 1190. The number of aromatic amines is 1. The molecule has 1 heterocycles. The molecule has 8 heteroatoms. The molecule has 3 aromatic rings. The summed E-state index contributed by atoms with van der Waals surface area (Å²) in [6.07, 6.45) is 5.23. The Morgan fingerprint density at radius 1 is 1.13 bits per heavy atom. The summed E-state index contributed by atoms with van der Waals surface area (Å²) >= 11 is 0. The number of carbonyl (C=O) groups is 1. The average molecular weight is 408 g/mol. The summed E-state index contributed by atoms with van der Waals surface area (Å²) in [6, 6.07) is 12.7. The van der Waals surface area contributed by atoms with E-state index in [2.05, 4.69) is 22.4 Å². The second kappa shape index (κ2) is 9.69. The minimum Gasteiger partial charge on any atom is -0.493 e. The second-order valence-electron chi connectivity index (χ2n) is 6.93. The normalized spacial score (nSPS) is 11.2. The molecule has 0 radical (unpaired) electrons. The Hall–Kier alpha value is -3.68. The van der Waals surface area contributed by atoms with E-state index < -0.39 is 17.1 Å². The number of carbonyl (C=O) groups excluding carboxylic acids is 1. The van der Waals surface area contributed by atoms with E-state index in [9.17, 15) is 19.5 Å². The van der Waals surface area contributed by atoms with E-state index in [-0.39, 0.29) is 11.5 Å². The zero-order chi connectivity index (χ0) is 21.5. The van der Waals surface area contributed by atoms with Gasteiger partial charge in [-0.25, -0.2) is 14.8 Å². The number of hydrazone groups is 1. The van der Waals surface area contributed by atoms with Crippen LogP contribution in [0.2, 0.25) is 0 Å². The number of amides is 1. The lowest BCUT2D eigenvalue weighted by atomic mass is 10.1. The number of nitrogens with one attached hydrogen (secondary N) is 2. The highest BCUT2D eigenvalue weighted by Gasteiger charge is 2.16. The number of nitrogens with zero attached hydrogens (tertiary/aromatic N) is 2. The molecule has 0 bridgehead atoms. The molecular formula is C22H24N4O4. The Kier molecular flexibility index (Phi) is 6.79. The van der Waals surface area contributed by atoms with Crippen LogP contribution in [0, 0.1) is 0 Å². The third-order valence-corrected chi connectivity index (χ3v) is 4.77. The number of rotatable bonds is 8. The quantitative estimate of drug-likeness (QED) is 0.302. The van der Waals surface area contributed by atoms with Gasteiger partial charge in [0.1, 0.15) is 5.56 Å². The Balaban J connectivity index is 1.90. The lowest BCUT2D eigenvalue weighted by Crippen LogP contribution is -2.31. The smallest absolute Gasteiger partial charge is 0.335 e. The molecule has 1 amide bonds. The molecule has 0 aliphatic carbocycles. The molecule has 0 aliphatic rings. The van der Waals surface area contributed by atoms with Gasteiger partial charge in [0.15, 0.2) is 0 Å². The molecule has 0 fully saturated rings. The highest BCUT2D eigenvalue weighted by atomic mass is 16.3. The molecule has 0 aliphatic heterocycles. The van der Waals surface area contributed by atoms with Crippen molar-refractivity contribution in [2.75, 3.05) is 0 Å². The van der Waals surface area contributed by atoms with E-state index in [0.717, 1.165) is 47.2 Å². The summed E-state index contributed by atoms with van der Waals surface area (Å²) in [6.45, 7) is 2.09. The Morgan fingerprint density at radius 2 is 1.90 bits per heavy atom. The number of benzene rings is 2. The van der Waals surface area contributed by atoms with Gasteiger partial charge in [-0.3, -0.25) is 14.6 Å². The number of aromatic hydroxyl groups is 1. The first-order chi connectivity index (χ1) is 14.5. The third-order valence-electron chi connectivity index (χ3n) is 4.77. The Labute approximate surface area is 172 Å². The molecule has 30 heavy (non-hydrogen) atoms. The Morgan fingerprint density at radius 3 is 2.70 bits per heavy atom. The van der Waals surface area contributed by atoms with Crippen molar-refractivity contribution < 1.29 is 9.90 Å². The maximum absolute atomic E-state index is 12.4. The van der Waals surface area contributed by atoms with Gasteiger partial charge in [-0.2, -0.15) is 5.10 Å². The van der Waals surface area contributed by atoms with Crippen molar-refractivity contribution in [2.45, 2.75) is 39.0 Å². The number of hydrogen-bond acceptors (Lipinski definition) is 5. The molecule has 8 nitrogen and oxygen atoms in total. The molecule has 2 aromatic carbocycles. The summed E-state index contributed by atoms with van der Waals surface area (Å²) in [7, 11) is 0. The summed E-state index contributed by atoms with van der Waals surface area (Å²) in [5, 5.41) is 16.0. The van der Waals surface area contributed by atoms with E-state index in [0.29, 0.717) is 12.1 Å². The fourth-order valence-electron chi connectivity index (χ4n) is 3.22. The lowest BCUT2D eigenvalue weighted by Gasteiger charge is -2.12. The molecule has 0 saturated heterocycles. The standard InChI is InChI=1S/C22H24N4O4/c1-2-3-4-5-13-19(27)25-23-14-17-20(28)24-22(30)26(21(17)29)18-12-8-10-15-9-6-7-11-16(15)18/h6-12,14,29H,2-5,13H2,1H3,(H,25,27)(H,24,28,30)/b23-14+. The van der Waals surface area contributed by atoms with Gasteiger partial charge >= 0.3 is 5.69 Å². The van der Waals surface area contributed by atoms with Crippen LogP contribution in [-0.2, 0) is 4.79 Å². The maximum Gasteiger partial charge on any atom is 0.335 e. The van der Waals surface area contributed by atoms with Gasteiger partial charge in [0, 0.05) is 11.8 Å². The highest BCUT2D eigenvalue weighted by Crippen LogP contribution is 2.24. The van der Waals surface area contributed by atoms with Crippen LogP contribution in [0.1, 0.15) is 44.6 Å². The zero-order valence-corrected chi connectivity index (χ0v) is 16.7. The van der Waals surface area contributed by atoms with Gasteiger partial charge in [-0.05, 0) is 17.9 Å². The molecule has 3 rings (SSSR count). The summed E-state index contributed by atoms with van der Waals surface area (Å²) in [4.78, 5) is 38.7. The average Bonchev–Trinajstić information content (AvgIpc) is 2.73. The summed E-state index contributed by atoms with van der Waals surface area (Å²) < 4.78 is 1.01. The van der Waals surface area contributed by atoms with Crippen molar-refractivity contribution in [1.82, 2.24) is 15.0 Å². The maximum atomic E-state index is 12.4. The first-order valence-corrected chi connectivity index (χ1v) is 9.91. The van der Waals surface area contributed by atoms with Crippen LogP contribution >= 0.6 is 0 Å².